The molecule has 0 amide bonds. The molecular formula is C18H18O5. The Kier molecular flexibility index (Phi) is 4.02. The zero-order chi connectivity index (χ0) is 16.4. The number of ether oxygens (including phenoxy) is 3. The van der Waals surface area contributed by atoms with Crippen LogP contribution in [-0.2, 0) is 6.42 Å². The van der Waals surface area contributed by atoms with E-state index in [9.17, 15) is 10.2 Å². The molecule has 0 atom stereocenters. The van der Waals surface area contributed by atoms with Gasteiger partial charge in [-0.05, 0) is 36.8 Å². The van der Waals surface area contributed by atoms with Gasteiger partial charge in [-0.2, -0.15) is 0 Å². The fraction of sp³-hybridized carbons (Fsp3) is 0.222. The van der Waals surface area contributed by atoms with Gasteiger partial charge in [0, 0.05) is 12.0 Å². The van der Waals surface area contributed by atoms with E-state index in [-0.39, 0.29) is 11.5 Å². The molecule has 0 fully saturated rings. The van der Waals surface area contributed by atoms with Gasteiger partial charge in [-0.1, -0.05) is 12.1 Å². The number of allylic oxidation sites excluding steroid dienone is 1. The molecule has 2 aromatic carbocycles. The third-order valence-electron chi connectivity index (χ3n) is 3.60. The minimum atomic E-state index is -0.226. The molecule has 0 aliphatic carbocycles. The van der Waals surface area contributed by atoms with Crippen molar-refractivity contribution >= 4 is 6.08 Å². The fourth-order valence-corrected chi connectivity index (χ4v) is 2.53. The van der Waals surface area contributed by atoms with Gasteiger partial charge in [0.25, 0.3) is 0 Å². The third kappa shape index (κ3) is 2.90. The van der Waals surface area contributed by atoms with Crippen molar-refractivity contribution in [2.75, 3.05) is 13.7 Å². The number of aromatic hydroxyl groups is 2. The summed E-state index contributed by atoms with van der Waals surface area (Å²) in [6, 6.07) is 8.81. The molecular weight excluding hydrogens is 296 g/mol. The molecule has 5 heteroatoms. The van der Waals surface area contributed by atoms with Crippen LogP contribution < -0.4 is 14.2 Å². The summed E-state index contributed by atoms with van der Waals surface area (Å²) in [5.41, 5.74) is 1.74. The smallest absolute Gasteiger partial charge is 0.201 e. The molecule has 0 spiro atoms. The predicted molar refractivity (Wildman–Crippen MR) is 86.2 cm³/mol. The van der Waals surface area contributed by atoms with Gasteiger partial charge < -0.3 is 24.4 Å². The van der Waals surface area contributed by atoms with Gasteiger partial charge >= 0.3 is 0 Å². The van der Waals surface area contributed by atoms with E-state index in [2.05, 4.69) is 0 Å². The van der Waals surface area contributed by atoms with E-state index in [1.54, 1.807) is 13.2 Å². The summed E-state index contributed by atoms with van der Waals surface area (Å²) in [4.78, 5) is 0. The van der Waals surface area contributed by atoms with Crippen LogP contribution in [0.4, 0.5) is 0 Å². The van der Waals surface area contributed by atoms with Gasteiger partial charge in [-0.25, -0.2) is 0 Å². The van der Waals surface area contributed by atoms with Crippen LogP contribution in [-0.4, -0.2) is 23.9 Å². The summed E-state index contributed by atoms with van der Waals surface area (Å²) < 4.78 is 16.5. The number of hydrogen-bond acceptors (Lipinski definition) is 5. The minimum absolute atomic E-state index is 0.187. The van der Waals surface area contributed by atoms with Crippen LogP contribution in [0.5, 0.6) is 28.7 Å². The average molecular weight is 314 g/mol. The standard InChI is InChI=1S/C18H18O5/c1-3-22-16-9-11(4-7-15(16)21-2)8-13-10-12-5-6-14(19)17(20)18(12)23-13/h4-9,19-20H,3,10H2,1-2H3. The van der Waals surface area contributed by atoms with E-state index in [1.807, 2.05) is 31.2 Å². The summed E-state index contributed by atoms with van der Waals surface area (Å²) in [5, 5.41) is 19.4. The van der Waals surface area contributed by atoms with E-state index in [0.717, 1.165) is 11.1 Å². The maximum Gasteiger partial charge on any atom is 0.201 e. The van der Waals surface area contributed by atoms with Crippen molar-refractivity contribution in [3.63, 3.8) is 0 Å². The number of fused-ring (bicyclic) bond motifs is 1. The predicted octanol–water partition coefficient (Wildman–Crippen LogP) is 3.48. The van der Waals surface area contributed by atoms with E-state index in [0.29, 0.717) is 36.0 Å². The van der Waals surface area contributed by atoms with Crippen LogP contribution in [0.25, 0.3) is 6.08 Å². The molecule has 2 N–H and O–H groups in total. The van der Waals surface area contributed by atoms with Gasteiger partial charge in [-0.15, -0.1) is 0 Å². The van der Waals surface area contributed by atoms with Crippen molar-refractivity contribution in [3.8, 4) is 28.7 Å². The van der Waals surface area contributed by atoms with Gasteiger partial charge in [0.2, 0.25) is 5.75 Å². The lowest BCUT2D eigenvalue weighted by atomic mass is 10.1. The molecule has 1 aliphatic heterocycles. The second-order valence-corrected chi connectivity index (χ2v) is 5.15. The van der Waals surface area contributed by atoms with Gasteiger partial charge in [0.1, 0.15) is 5.76 Å². The van der Waals surface area contributed by atoms with Crippen LogP contribution in [0.15, 0.2) is 36.1 Å². The molecule has 0 saturated carbocycles. The number of benzene rings is 2. The van der Waals surface area contributed by atoms with Gasteiger partial charge in [0.05, 0.1) is 13.7 Å². The molecule has 3 rings (SSSR count). The molecule has 5 nitrogen and oxygen atoms in total. The maximum atomic E-state index is 9.85. The summed E-state index contributed by atoms with van der Waals surface area (Å²) in [7, 11) is 1.60. The second-order valence-electron chi connectivity index (χ2n) is 5.15. The van der Waals surface area contributed by atoms with Crippen LogP contribution in [0.1, 0.15) is 18.1 Å². The number of methoxy groups -OCH3 is 1. The molecule has 0 radical (unpaired) electrons. The Morgan fingerprint density at radius 3 is 2.74 bits per heavy atom. The van der Waals surface area contributed by atoms with E-state index in [4.69, 9.17) is 14.2 Å². The van der Waals surface area contributed by atoms with Crippen LogP contribution in [0.2, 0.25) is 0 Å². The highest BCUT2D eigenvalue weighted by atomic mass is 16.5. The first kappa shape index (κ1) is 15.1. The highest BCUT2D eigenvalue weighted by Crippen LogP contribution is 2.44. The molecule has 120 valence electrons. The van der Waals surface area contributed by atoms with Crippen LogP contribution >= 0.6 is 0 Å². The van der Waals surface area contributed by atoms with E-state index >= 15 is 0 Å². The quantitative estimate of drug-likeness (QED) is 0.846. The Morgan fingerprint density at radius 1 is 1.17 bits per heavy atom. The second kappa shape index (κ2) is 6.12. The van der Waals surface area contributed by atoms with Crippen molar-refractivity contribution in [3.05, 3.63) is 47.2 Å². The molecule has 0 saturated heterocycles. The monoisotopic (exact) mass is 314 g/mol. The van der Waals surface area contributed by atoms with Crippen molar-refractivity contribution in [1.82, 2.24) is 0 Å². The third-order valence-corrected chi connectivity index (χ3v) is 3.60. The Hall–Kier alpha value is -2.82. The summed E-state index contributed by atoms with van der Waals surface area (Å²) in [5.74, 6) is 1.93. The Bertz CT molecular complexity index is 764. The summed E-state index contributed by atoms with van der Waals surface area (Å²) in [6.07, 6.45) is 2.43. The van der Waals surface area contributed by atoms with E-state index in [1.165, 1.54) is 6.07 Å². The lowest BCUT2D eigenvalue weighted by Gasteiger charge is -2.10. The Morgan fingerprint density at radius 2 is 2.00 bits per heavy atom. The minimum Gasteiger partial charge on any atom is -0.504 e. The number of hydrogen-bond donors (Lipinski definition) is 2. The van der Waals surface area contributed by atoms with Crippen LogP contribution in [0.3, 0.4) is 0 Å². The zero-order valence-corrected chi connectivity index (χ0v) is 13.0. The molecule has 0 aromatic heterocycles. The number of phenolic OH excluding ortho intramolecular Hbond substituents is 2. The summed E-state index contributed by atoms with van der Waals surface area (Å²) >= 11 is 0. The number of rotatable bonds is 4. The zero-order valence-electron chi connectivity index (χ0n) is 13.0. The van der Waals surface area contributed by atoms with Gasteiger partial charge in [0.15, 0.2) is 23.0 Å². The van der Waals surface area contributed by atoms with E-state index < -0.39 is 0 Å². The fourth-order valence-electron chi connectivity index (χ4n) is 2.53. The Balaban J connectivity index is 1.89. The van der Waals surface area contributed by atoms with Crippen LogP contribution in [0, 0.1) is 0 Å². The normalized spacial score (nSPS) is 14.4. The first-order valence-electron chi connectivity index (χ1n) is 7.35. The van der Waals surface area contributed by atoms with Crippen molar-refractivity contribution in [2.24, 2.45) is 0 Å². The molecule has 23 heavy (non-hydrogen) atoms. The molecule has 2 aromatic rings. The molecule has 1 aliphatic rings. The van der Waals surface area contributed by atoms with Crippen molar-refractivity contribution in [1.29, 1.82) is 0 Å². The topological polar surface area (TPSA) is 68.2 Å². The largest absolute Gasteiger partial charge is 0.504 e. The lowest BCUT2D eigenvalue weighted by Crippen LogP contribution is -1.96. The number of phenols is 2. The summed E-state index contributed by atoms with van der Waals surface area (Å²) in [6.45, 7) is 2.46. The lowest BCUT2D eigenvalue weighted by molar-refractivity contribution is 0.311. The first-order valence-corrected chi connectivity index (χ1v) is 7.35. The van der Waals surface area contributed by atoms with Crippen molar-refractivity contribution < 1.29 is 24.4 Å². The molecule has 0 bridgehead atoms. The van der Waals surface area contributed by atoms with Crippen molar-refractivity contribution in [2.45, 2.75) is 13.3 Å². The highest BCUT2D eigenvalue weighted by molar-refractivity contribution is 5.63. The van der Waals surface area contributed by atoms with Gasteiger partial charge in [-0.3, -0.25) is 0 Å². The molecule has 1 heterocycles. The SMILES string of the molecule is CCOc1cc(C=C2Cc3ccc(O)c(O)c3O2)ccc1OC. The highest BCUT2D eigenvalue weighted by Gasteiger charge is 2.23. The molecule has 0 unspecified atom stereocenters. The maximum absolute atomic E-state index is 9.85. The average Bonchev–Trinajstić information content (AvgIpc) is 2.95. The first-order chi connectivity index (χ1) is 11.1. The Labute approximate surface area is 134 Å².